The van der Waals surface area contributed by atoms with Crippen molar-refractivity contribution in [2.45, 2.75) is 24.7 Å². The van der Waals surface area contributed by atoms with Crippen LogP contribution in [0.2, 0.25) is 5.02 Å². The fraction of sp³-hybridized carbons (Fsp3) is 0.316. The first-order valence-corrected chi connectivity index (χ1v) is 8.77. The number of ether oxygens (including phenoxy) is 1. The maximum absolute atomic E-state index is 12.1. The number of benzene rings is 2. The van der Waals surface area contributed by atoms with Gasteiger partial charge in [-0.25, -0.2) is 0 Å². The average Bonchev–Trinajstić information content (AvgIpc) is 2.60. The Morgan fingerprint density at radius 1 is 1.23 bits per heavy atom. The van der Waals surface area contributed by atoms with E-state index >= 15 is 0 Å². The minimum absolute atomic E-state index is 0.00191. The number of carbonyl (C=O) groups is 1. The molecule has 1 N–H and O–H groups in total. The molecule has 0 aliphatic heterocycles. The first-order valence-electron chi connectivity index (χ1n) is 8.39. The van der Waals surface area contributed by atoms with Crippen molar-refractivity contribution in [3.05, 3.63) is 69.2 Å². The number of halogens is 1. The summed E-state index contributed by atoms with van der Waals surface area (Å²) in [6.07, 6.45) is 3.25. The van der Waals surface area contributed by atoms with E-state index in [-0.39, 0.29) is 34.4 Å². The smallest absolute Gasteiger partial charge is 0.271 e. The Morgan fingerprint density at radius 2 is 1.96 bits per heavy atom. The highest BCUT2D eigenvalue weighted by atomic mass is 35.5. The fourth-order valence-corrected chi connectivity index (χ4v) is 3.37. The third-order valence-corrected chi connectivity index (χ3v) is 5.10. The van der Waals surface area contributed by atoms with Crippen LogP contribution in [0, 0.1) is 10.1 Å². The van der Waals surface area contributed by atoms with Crippen LogP contribution in [0.1, 0.15) is 24.8 Å². The molecular weight excluding hydrogens is 356 g/mol. The van der Waals surface area contributed by atoms with Crippen molar-refractivity contribution >= 4 is 23.2 Å². The highest BCUT2D eigenvalue weighted by molar-refractivity contribution is 6.32. The first kappa shape index (κ1) is 18.2. The molecule has 0 bridgehead atoms. The largest absolute Gasteiger partial charge is 0.482 e. The van der Waals surface area contributed by atoms with Gasteiger partial charge >= 0.3 is 0 Å². The lowest BCUT2D eigenvalue weighted by molar-refractivity contribution is -0.384. The van der Waals surface area contributed by atoms with E-state index in [1.54, 1.807) is 0 Å². The van der Waals surface area contributed by atoms with Crippen LogP contribution in [-0.2, 0) is 10.2 Å². The maximum Gasteiger partial charge on any atom is 0.271 e. The van der Waals surface area contributed by atoms with Crippen LogP contribution >= 0.6 is 11.6 Å². The van der Waals surface area contributed by atoms with E-state index in [2.05, 4.69) is 17.4 Å². The molecule has 1 saturated carbocycles. The monoisotopic (exact) mass is 374 g/mol. The summed E-state index contributed by atoms with van der Waals surface area (Å²) < 4.78 is 5.39. The summed E-state index contributed by atoms with van der Waals surface area (Å²) in [7, 11) is 0. The lowest BCUT2D eigenvalue weighted by atomic mass is 9.64. The van der Waals surface area contributed by atoms with Crippen molar-refractivity contribution in [2.24, 2.45) is 0 Å². The molecule has 26 heavy (non-hydrogen) atoms. The molecule has 6 nitrogen and oxygen atoms in total. The Kier molecular flexibility index (Phi) is 5.42. The van der Waals surface area contributed by atoms with E-state index in [1.165, 1.54) is 23.8 Å². The fourth-order valence-electron chi connectivity index (χ4n) is 3.15. The van der Waals surface area contributed by atoms with Crippen LogP contribution in [0.25, 0.3) is 0 Å². The molecule has 0 atom stereocenters. The average molecular weight is 375 g/mol. The van der Waals surface area contributed by atoms with Crippen molar-refractivity contribution in [2.75, 3.05) is 13.2 Å². The molecule has 0 radical (unpaired) electrons. The van der Waals surface area contributed by atoms with Gasteiger partial charge in [-0.3, -0.25) is 14.9 Å². The minimum atomic E-state index is -0.538. The van der Waals surface area contributed by atoms with Crippen LogP contribution < -0.4 is 10.1 Å². The second-order valence-electron chi connectivity index (χ2n) is 6.44. The number of non-ortho nitro benzene ring substituents is 1. The van der Waals surface area contributed by atoms with Gasteiger partial charge in [0.2, 0.25) is 0 Å². The maximum atomic E-state index is 12.1. The lowest BCUT2D eigenvalue weighted by Crippen LogP contribution is -2.46. The predicted molar refractivity (Wildman–Crippen MR) is 98.6 cm³/mol. The molecule has 0 spiro atoms. The van der Waals surface area contributed by atoms with Gasteiger partial charge in [0.15, 0.2) is 6.61 Å². The van der Waals surface area contributed by atoms with Gasteiger partial charge < -0.3 is 10.1 Å². The first-order chi connectivity index (χ1) is 12.5. The summed E-state index contributed by atoms with van der Waals surface area (Å²) in [6, 6.07) is 14.1. The molecule has 3 rings (SSSR count). The second kappa shape index (κ2) is 7.74. The van der Waals surface area contributed by atoms with Crippen molar-refractivity contribution in [3.63, 3.8) is 0 Å². The van der Waals surface area contributed by atoms with Crippen molar-refractivity contribution in [1.29, 1.82) is 0 Å². The lowest BCUT2D eigenvalue weighted by Gasteiger charge is -2.42. The van der Waals surface area contributed by atoms with E-state index in [0.717, 1.165) is 19.3 Å². The van der Waals surface area contributed by atoms with Gasteiger partial charge in [-0.05, 0) is 24.5 Å². The Bertz CT molecular complexity index is 806. The summed E-state index contributed by atoms with van der Waals surface area (Å²) in [5, 5.41) is 13.7. The second-order valence-corrected chi connectivity index (χ2v) is 6.84. The molecule has 2 aromatic rings. The number of nitro benzene ring substituents is 1. The molecule has 136 valence electrons. The van der Waals surface area contributed by atoms with Gasteiger partial charge in [-0.1, -0.05) is 48.4 Å². The summed E-state index contributed by atoms with van der Waals surface area (Å²) >= 11 is 5.96. The summed E-state index contributed by atoms with van der Waals surface area (Å²) in [5.74, 6) is -0.00420. The highest BCUT2D eigenvalue weighted by Gasteiger charge is 2.38. The molecule has 1 aliphatic carbocycles. The van der Waals surface area contributed by atoms with E-state index in [9.17, 15) is 14.9 Å². The minimum Gasteiger partial charge on any atom is -0.482 e. The van der Waals surface area contributed by atoms with Crippen LogP contribution in [0.5, 0.6) is 5.75 Å². The van der Waals surface area contributed by atoms with Crippen LogP contribution in [0.3, 0.4) is 0 Å². The predicted octanol–water partition coefficient (Wildman–Crippen LogP) is 3.87. The van der Waals surface area contributed by atoms with Gasteiger partial charge in [-0.15, -0.1) is 0 Å². The Morgan fingerprint density at radius 3 is 2.54 bits per heavy atom. The zero-order valence-corrected chi connectivity index (χ0v) is 14.9. The van der Waals surface area contributed by atoms with Gasteiger partial charge in [0.25, 0.3) is 11.6 Å². The van der Waals surface area contributed by atoms with Gasteiger partial charge in [0.1, 0.15) is 5.75 Å². The normalized spacial score (nSPS) is 15.0. The van der Waals surface area contributed by atoms with Crippen molar-refractivity contribution in [3.8, 4) is 5.75 Å². The van der Waals surface area contributed by atoms with Gasteiger partial charge in [-0.2, -0.15) is 0 Å². The number of hydrogen-bond acceptors (Lipinski definition) is 4. The van der Waals surface area contributed by atoms with Crippen LogP contribution in [0.15, 0.2) is 48.5 Å². The standard InChI is InChI=1S/C19H19ClN2O4/c20-16-11-15(22(24)25)7-8-17(16)26-12-18(23)21-13-19(9-4-10-19)14-5-2-1-3-6-14/h1-3,5-8,11H,4,9-10,12-13H2,(H,21,23). The third-order valence-electron chi connectivity index (χ3n) is 4.81. The SMILES string of the molecule is O=C(COc1ccc([N+](=O)[O-])cc1Cl)NCC1(c2ccccc2)CCC1. The van der Waals surface area contributed by atoms with Crippen molar-refractivity contribution < 1.29 is 14.5 Å². The third kappa shape index (κ3) is 3.96. The van der Waals surface area contributed by atoms with E-state index in [0.29, 0.717) is 6.54 Å². The van der Waals surface area contributed by atoms with E-state index in [4.69, 9.17) is 16.3 Å². The molecule has 2 aromatic carbocycles. The molecule has 1 fully saturated rings. The molecule has 0 aromatic heterocycles. The van der Waals surface area contributed by atoms with Crippen LogP contribution in [0.4, 0.5) is 5.69 Å². The Hall–Kier alpha value is -2.60. The summed E-state index contributed by atoms with van der Waals surface area (Å²) in [6.45, 7) is 0.371. The topological polar surface area (TPSA) is 81.5 Å². The van der Waals surface area contributed by atoms with Gasteiger partial charge in [0, 0.05) is 24.1 Å². The number of hydrogen-bond donors (Lipinski definition) is 1. The molecule has 0 heterocycles. The summed E-state index contributed by atoms with van der Waals surface area (Å²) in [4.78, 5) is 22.3. The zero-order valence-electron chi connectivity index (χ0n) is 14.1. The quantitative estimate of drug-likeness (QED) is 0.589. The Labute approximate surface area is 156 Å². The number of carbonyl (C=O) groups excluding carboxylic acids is 1. The molecule has 1 aliphatic rings. The Balaban J connectivity index is 1.54. The number of amides is 1. The summed E-state index contributed by atoms with van der Waals surface area (Å²) in [5.41, 5.74) is 1.12. The number of rotatable bonds is 7. The molecule has 0 saturated heterocycles. The molecule has 1 amide bonds. The number of nitrogens with zero attached hydrogens (tertiary/aromatic N) is 1. The molecule has 0 unspecified atom stereocenters. The van der Waals surface area contributed by atoms with Gasteiger partial charge in [0.05, 0.1) is 9.95 Å². The number of nitrogens with one attached hydrogen (secondary N) is 1. The van der Waals surface area contributed by atoms with Crippen LogP contribution in [-0.4, -0.2) is 24.0 Å². The van der Waals surface area contributed by atoms with E-state index in [1.807, 2.05) is 18.2 Å². The van der Waals surface area contributed by atoms with E-state index < -0.39 is 4.92 Å². The molecular formula is C19H19ClN2O4. The molecule has 7 heteroatoms. The van der Waals surface area contributed by atoms with Crippen molar-refractivity contribution in [1.82, 2.24) is 5.32 Å². The number of nitro groups is 1. The highest BCUT2D eigenvalue weighted by Crippen LogP contribution is 2.43. The zero-order chi connectivity index (χ0) is 18.6.